The third-order valence-corrected chi connectivity index (χ3v) is 8.36. The van der Waals surface area contributed by atoms with Crippen molar-refractivity contribution < 1.29 is 14.6 Å². The number of fused-ring (bicyclic) bond motifs is 1. The van der Waals surface area contributed by atoms with Gasteiger partial charge in [0.1, 0.15) is 0 Å². The van der Waals surface area contributed by atoms with Crippen LogP contribution in [-0.2, 0) is 16.0 Å². The van der Waals surface area contributed by atoms with Gasteiger partial charge in [-0.1, -0.05) is 44.2 Å². The number of hydrogen-bond acceptors (Lipinski definition) is 4. The fourth-order valence-corrected chi connectivity index (χ4v) is 5.68. The molecule has 4 rings (SSSR count). The lowest BCUT2D eigenvalue weighted by molar-refractivity contribution is -0.136. The Balaban J connectivity index is 1.37. The molecule has 5 heteroatoms. The number of aliphatic hydroxyl groups is 1. The molecule has 0 aromatic heterocycles. The second kappa shape index (κ2) is 12.0. The molecule has 3 atom stereocenters. The predicted octanol–water partition coefficient (Wildman–Crippen LogP) is 4.38. The molecule has 190 valence electrons. The first-order valence-corrected chi connectivity index (χ1v) is 13.7. The molecule has 34 heavy (non-hydrogen) atoms. The van der Waals surface area contributed by atoms with Gasteiger partial charge in [0.15, 0.2) is 0 Å². The second-order valence-corrected chi connectivity index (χ2v) is 11.8. The number of piperidine rings is 1. The van der Waals surface area contributed by atoms with Gasteiger partial charge in [0, 0.05) is 38.1 Å². The number of likely N-dealkylation sites (tertiary alicyclic amines) is 1. The minimum atomic E-state index is -0.557. The van der Waals surface area contributed by atoms with Gasteiger partial charge >= 0.3 is 0 Å². The topological polar surface area (TPSA) is 53.0 Å². The minimum Gasteiger partial charge on any atom is -0.391 e. The van der Waals surface area contributed by atoms with E-state index in [2.05, 4.69) is 49.1 Å². The Kier molecular flexibility index (Phi) is 9.06. The van der Waals surface area contributed by atoms with Crippen LogP contribution in [0.15, 0.2) is 30.3 Å². The number of amides is 1. The number of benzene rings is 1. The van der Waals surface area contributed by atoms with Gasteiger partial charge in [-0.25, -0.2) is 0 Å². The van der Waals surface area contributed by atoms with Gasteiger partial charge in [0.05, 0.1) is 12.7 Å². The van der Waals surface area contributed by atoms with Gasteiger partial charge in [0.25, 0.3) is 0 Å². The summed E-state index contributed by atoms with van der Waals surface area (Å²) < 4.78 is 6.03. The van der Waals surface area contributed by atoms with Crippen LogP contribution in [0, 0.1) is 23.2 Å². The van der Waals surface area contributed by atoms with Gasteiger partial charge in [0.2, 0.25) is 5.91 Å². The number of hydrogen-bond donors (Lipinski definition) is 1. The van der Waals surface area contributed by atoms with Gasteiger partial charge in [-0.2, -0.15) is 0 Å². The summed E-state index contributed by atoms with van der Waals surface area (Å²) in [6, 6.07) is 10.8. The van der Waals surface area contributed by atoms with E-state index in [9.17, 15) is 9.90 Å². The first kappa shape index (κ1) is 25.7. The van der Waals surface area contributed by atoms with Gasteiger partial charge in [-0.05, 0) is 81.4 Å². The maximum absolute atomic E-state index is 13.5. The lowest BCUT2D eigenvalue weighted by atomic mass is 9.80. The van der Waals surface area contributed by atoms with Crippen LogP contribution in [0.25, 0.3) is 0 Å². The molecule has 0 bridgehead atoms. The minimum absolute atomic E-state index is 0.259. The molecule has 0 spiro atoms. The van der Waals surface area contributed by atoms with Crippen molar-refractivity contribution in [3.63, 3.8) is 0 Å². The third kappa shape index (κ3) is 7.53. The molecule has 1 aromatic rings. The summed E-state index contributed by atoms with van der Waals surface area (Å²) in [6.07, 6.45) is 8.10. The monoisotopic (exact) mass is 470 g/mol. The fourth-order valence-electron chi connectivity index (χ4n) is 5.68. The van der Waals surface area contributed by atoms with E-state index in [4.69, 9.17) is 4.74 Å². The van der Waals surface area contributed by atoms with Crippen LogP contribution >= 0.6 is 0 Å². The molecule has 3 fully saturated rings. The molecule has 1 N–H and O–H groups in total. The molecule has 0 unspecified atom stereocenters. The Labute approximate surface area is 206 Å². The highest BCUT2D eigenvalue weighted by Gasteiger charge is 2.36. The van der Waals surface area contributed by atoms with Crippen LogP contribution in [0.4, 0.5) is 0 Å². The van der Waals surface area contributed by atoms with Crippen molar-refractivity contribution in [1.82, 2.24) is 9.80 Å². The zero-order chi connectivity index (χ0) is 24.0. The summed E-state index contributed by atoms with van der Waals surface area (Å²) in [5.41, 5.74) is 1.07. The first-order valence-electron chi connectivity index (χ1n) is 13.7. The van der Waals surface area contributed by atoms with Crippen molar-refractivity contribution in [2.75, 3.05) is 45.9 Å². The Morgan fingerprint density at radius 1 is 1.06 bits per heavy atom. The van der Waals surface area contributed by atoms with Crippen molar-refractivity contribution in [1.29, 1.82) is 0 Å². The lowest BCUT2D eigenvalue weighted by Crippen LogP contribution is -2.47. The van der Waals surface area contributed by atoms with E-state index in [1.807, 2.05) is 4.90 Å². The second-order valence-electron chi connectivity index (χ2n) is 11.8. The predicted molar refractivity (Wildman–Crippen MR) is 137 cm³/mol. The van der Waals surface area contributed by atoms with Crippen LogP contribution in [0.1, 0.15) is 64.4 Å². The summed E-state index contributed by atoms with van der Waals surface area (Å²) in [4.78, 5) is 18.1. The number of β-amino-alcohol motifs (C(OH)–C–C–N with tert-alkyl or cyclic N) is 1. The normalized spacial score (nSPS) is 29.6. The molecule has 1 aliphatic carbocycles. The van der Waals surface area contributed by atoms with E-state index in [-0.39, 0.29) is 11.3 Å². The lowest BCUT2D eigenvalue weighted by Gasteiger charge is -2.39. The summed E-state index contributed by atoms with van der Waals surface area (Å²) in [6.45, 7) is 9.99. The molecular weight excluding hydrogens is 424 g/mol. The van der Waals surface area contributed by atoms with Crippen LogP contribution in [0.2, 0.25) is 0 Å². The molecule has 1 amide bonds. The number of carbonyl (C=O) groups excluding carboxylic acids is 1. The van der Waals surface area contributed by atoms with Gasteiger partial charge in [-0.15, -0.1) is 0 Å². The maximum Gasteiger partial charge on any atom is 0.222 e. The van der Waals surface area contributed by atoms with Crippen molar-refractivity contribution >= 4 is 5.91 Å². The Hall–Kier alpha value is -1.43. The number of aryl methyl sites for hydroxylation is 1. The molecule has 2 saturated heterocycles. The van der Waals surface area contributed by atoms with Crippen molar-refractivity contribution in [2.45, 2.75) is 71.3 Å². The SMILES string of the molecule is CC1(C)COCCC[C@H]2CN(CCCc3ccccc3)CC[C@H]2CC(=O)N(CC2CC2)C[C@@H]1O. The average molecular weight is 471 g/mol. The van der Waals surface area contributed by atoms with Crippen molar-refractivity contribution in [3.05, 3.63) is 35.9 Å². The van der Waals surface area contributed by atoms with Crippen molar-refractivity contribution in [3.8, 4) is 0 Å². The van der Waals surface area contributed by atoms with Crippen LogP contribution in [0.5, 0.6) is 0 Å². The Bertz CT molecular complexity index is 764. The van der Waals surface area contributed by atoms with E-state index in [0.717, 1.165) is 58.5 Å². The molecule has 0 radical (unpaired) electrons. The number of nitrogens with zero attached hydrogens (tertiary/aromatic N) is 2. The summed E-state index contributed by atoms with van der Waals surface area (Å²) >= 11 is 0. The highest BCUT2D eigenvalue weighted by molar-refractivity contribution is 5.76. The van der Waals surface area contributed by atoms with Crippen molar-refractivity contribution in [2.24, 2.45) is 23.2 Å². The van der Waals surface area contributed by atoms with E-state index in [1.165, 1.54) is 24.8 Å². The first-order chi connectivity index (χ1) is 16.4. The molecule has 2 aliphatic heterocycles. The largest absolute Gasteiger partial charge is 0.391 e. The molecule has 5 nitrogen and oxygen atoms in total. The fraction of sp³-hybridized carbons (Fsp3) is 0.759. The maximum atomic E-state index is 13.5. The number of carbonyl (C=O) groups is 1. The Morgan fingerprint density at radius 3 is 2.62 bits per heavy atom. The van der Waals surface area contributed by atoms with Gasteiger partial charge < -0.3 is 19.6 Å². The molecule has 3 aliphatic rings. The van der Waals surface area contributed by atoms with E-state index < -0.39 is 6.10 Å². The third-order valence-electron chi connectivity index (χ3n) is 8.36. The highest BCUT2D eigenvalue weighted by Crippen LogP contribution is 2.34. The number of ether oxygens (including phenoxy) is 1. The molecule has 2 heterocycles. The number of aliphatic hydroxyl groups excluding tert-OH is 1. The van der Waals surface area contributed by atoms with Crippen LogP contribution < -0.4 is 0 Å². The zero-order valence-electron chi connectivity index (χ0n) is 21.5. The van der Waals surface area contributed by atoms with E-state index >= 15 is 0 Å². The molecular formula is C29H46N2O3. The van der Waals surface area contributed by atoms with E-state index in [0.29, 0.717) is 37.3 Å². The molecule has 1 aromatic carbocycles. The van der Waals surface area contributed by atoms with Crippen LogP contribution in [0.3, 0.4) is 0 Å². The zero-order valence-corrected chi connectivity index (χ0v) is 21.5. The summed E-state index contributed by atoms with van der Waals surface area (Å²) in [5, 5.41) is 11.0. The quantitative estimate of drug-likeness (QED) is 0.670. The standard InChI is InChI=1S/C29H46N2O3/c1-29(2)22-34-17-7-11-26-20-30(15-6-10-23-8-4-3-5-9-23)16-14-25(26)18-28(33)31(21-27(29)32)19-24-12-13-24/h3-5,8-9,24-27,32H,6-7,10-22H2,1-2H3/t25-,26-,27-/m0/s1. The average Bonchev–Trinajstić information content (AvgIpc) is 3.64. The number of rotatable bonds is 6. The summed E-state index contributed by atoms with van der Waals surface area (Å²) in [5.74, 6) is 1.90. The Morgan fingerprint density at radius 2 is 1.85 bits per heavy atom. The highest BCUT2D eigenvalue weighted by atomic mass is 16.5. The smallest absolute Gasteiger partial charge is 0.222 e. The molecule has 1 saturated carbocycles. The van der Waals surface area contributed by atoms with Gasteiger partial charge in [-0.3, -0.25) is 4.79 Å². The van der Waals surface area contributed by atoms with Crippen LogP contribution in [-0.4, -0.2) is 72.9 Å². The summed E-state index contributed by atoms with van der Waals surface area (Å²) in [7, 11) is 0. The van der Waals surface area contributed by atoms with E-state index in [1.54, 1.807) is 0 Å².